The minimum atomic E-state index is -0.352. The molecule has 1 aliphatic heterocycles. The highest BCUT2D eigenvalue weighted by atomic mass is 16.5. The fraction of sp³-hybridized carbons (Fsp3) is 0.333. The molecule has 156 valence electrons. The Morgan fingerprint density at radius 2 is 1.93 bits per heavy atom. The first kappa shape index (κ1) is 20.0. The summed E-state index contributed by atoms with van der Waals surface area (Å²) in [5.41, 5.74) is 4.30. The molecule has 1 atom stereocenters. The Labute approximate surface area is 176 Å². The summed E-state index contributed by atoms with van der Waals surface area (Å²) < 4.78 is 13.3. The van der Waals surface area contributed by atoms with Gasteiger partial charge in [0.15, 0.2) is 0 Å². The van der Waals surface area contributed by atoms with E-state index in [-0.39, 0.29) is 12.0 Å². The Balaban J connectivity index is 1.97. The quantitative estimate of drug-likeness (QED) is 0.556. The van der Waals surface area contributed by atoms with Gasteiger partial charge in [0.2, 0.25) is 5.95 Å². The van der Waals surface area contributed by atoms with Gasteiger partial charge in [0.25, 0.3) is 0 Å². The SMILES string of the molecule is CCCC1=C(C(=O)OCC)[C@@H](c2cccc(OCC)c2)n2c(nc3ccccc32)N1. The molecule has 1 aromatic heterocycles. The smallest absolute Gasteiger partial charge is 0.338 e. The average Bonchev–Trinajstić information content (AvgIpc) is 3.11. The molecule has 6 heteroatoms. The number of anilines is 1. The highest BCUT2D eigenvalue weighted by molar-refractivity contribution is 5.94. The first-order valence-corrected chi connectivity index (χ1v) is 10.5. The summed E-state index contributed by atoms with van der Waals surface area (Å²) >= 11 is 0. The van der Waals surface area contributed by atoms with Crippen molar-refractivity contribution in [3.63, 3.8) is 0 Å². The third-order valence-corrected chi connectivity index (χ3v) is 5.20. The maximum absolute atomic E-state index is 13.2. The number of nitrogens with one attached hydrogen (secondary N) is 1. The summed E-state index contributed by atoms with van der Waals surface area (Å²) in [6.07, 6.45) is 1.64. The molecule has 0 radical (unpaired) electrons. The summed E-state index contributed by atoms with van der Waals surface area (Å²) in [6.45, 7) is 6.79. The maximum Gasteiger partial charge on any atom is 0.338 e. The van der Waals surface area contributed by atoms with Gasteiger partial charge in [-0.1, -0.05) is 37.6 Å². The number of nitrogens with zero attached hydrogens (tertiary/aromatic N) is 2. The second-order valence-corrected chi connectivity index (χ2v) is 7.19. The standard InChI is InChI=1S/C24H27N3O3/c1-4-10-19-21(23(28)30-6-3)22(16-11-9-12-17(15-16)29-5-2)27-20-14-8-7-13-18(20)25-24(27)26-19/h7-9,11-15,22H,4-6,10H2,1-3H3,(H,25,26)/t22-/m1/s1. The van der Waals surface area contributed by atoms with E-state index in [1.165, 1.54) is 0 Å². The summed E-state index contributed by atoms with van der Waals surface area (Å²) in [4.78, 5) is 18.0. The van der Waals surface area contributed by atoms with E-state index in [2.05, 4.69) is 16.8 Å². The third kappa shape index (κ3) is 3.54. The molecule has 1 aliphatic rings. The number of esters is 1. The largest absolute Gasteiger partial charge is 0.494 e. The molecule has 2 aromatic carbocycles. The lowest BCUT2D eigenvalue weighted by atomic mass is 9.93. The molecular weight excluding hydrogens is 378 g/mol. The van der Waals surface area contributed by atoms with E-state index in [1.54, 1.807) is 0 Å². The number of fused-ring (bicyclic) bond motifs is 3. The molecule has 1 N–H and O–H groups in total. The maximum atomic E-state index is 13.2. The fourth-order valence-electron chi connectivity index (χ4n) is 4.04. The van der Waals surface area contributed by atoms with Crippen LogP contribution in [0.1, 0.15) is 45.2 Å². The number of hydrogen-bond donors (Lipinski definition) is 1. The van der Waals surface area contributed by atoms with Crippen LogP contribution in [-0.2, 0) is 9.53 Å². The highest BCUT2D eigenvalue weighted by Gasteiger charge is 2.36. The number of carbonyl (C=O) groups is 1. The van der Waals surface area contributed by atoms with E-state index in [4.69, 9.17) is 14.5 Å². The minimum Gasteiger partial charge on any atom is -0.494 e. The summed E-state index contributed by atoms with van der Waals surface area (Å²) in [5, 5.41) is 3.42. The molecule has 30 heavy (non-hydrogen) atoms. The van der Waals surface area contributed by atoms with Crippen molar-refractivity contribution in [3.05, 3.63) is 65.4 Å². The second kappa shape index (κ2) is 8.61. The molecule has 0 fully saturated rings. The second-order valence-electron chi connectivity index (χ2n) is 7.19. The van der Waals surface area contributed by atoms with E-state index >= 15 is 0 Å². The van der Waals surface area contributed by atoms with E-state index < -0.39 is 0 Å². The number of para-hydroxylation sites is 2. The first-order valence-electron chi connectivity index (χ1n) is 10.5. The molecule has 0 saturated heterocycles. The summed E-state index contributed by atoms with van der Waals surface area (Å²) in [7, 11) is 0. The molecule has 0 amide bonds. The minimum absolute atomic E-state index is 0.302. The molecular formula is C24H27N3O3. The number of aromatic nitrogens is 2. The summed E-state index contributed by atoms with van der Waals surface area (Å²) in [6, 6.07) is 15.5. The zero-order valence-electron chi connectivity index (χ0n) is 17.6. The van der Waals surface area contributed by atoms with Crippen molar-refractivity contribution in [3.8, 4) is 5.75 Å². The molecule has 0 spiro atoms. The van der Waals surface area contributed by atoms with Crippen LogP contribution in [0.3, 0.4) is 0 Å². The number of benzene rings is 2. The topological polar surface area (TPSA) is 65.4 Å². The van der Waals surface area contributed by atoms with Gasteiger partial charge in [-0.05, 0) is 50.1 Å². The van der Waals surface area contributed by atoms with Crippen molar-refractivity contribution < 1.29 is 14.3 Å². The first-order chi connectivity index (χ1) is 14.7. The van der Waals surface area contributed by atoms with Gasteiger partial charge in [-0.15, -0.1) is 0 Å². The van der Waals surface area contributed by atoms with Gasteiger partial charge in [-0.25, -0.2) is 9.78 Å². The van der Waals surface area contributed by atoms with Gasteiger partial charge in [0, 0.05) is 5.70 Å². The number of allylic oxidation sites excluding steroid dienone is 1. The van der Waals surface area contributed by atoms with Crippen molar-refractivity contribution in [2.75, 3.05) is 18.5 Å². The lowest BCUT2D eigenvalue weighted by Crippen LogP contribution is -2.29. The van der Waals surface area contributed by atoms with Crippen molar-refractivity contribution in [1.29, 1.82) is 0 Å². The van der Waals surface area contributed by atoms with Crippen LogP contribution >= 0.6 is 0 Å². The highest BCUT2D eigenvalue weighted by Crippen LogP contribution is 2.41. The lowest BCUT2D eigenvalue weighted by Gasteiger charge is -2.31. The number of imidazole rings is 1. The predicted octanol–water partition coefficient (Wildman–Crippen LogP) is 5.07. The number of carbonyl (C=O) groups excluding carboxylic acids is 1. The predicted molar refractivity (Wildman–Crippen MR) is 118 cm³/mol. The van der Waals surface area contributed by atoms with Crippen LogP contribution in [0.15, 0.2) is 59.8 Å². The van der Waals surface area contributed by atoms with Crippen molar-refractivity contribution in [2.45, 2.75) is 39.7 Å². The van der Waals surface area contributed by atoms with Crippen molar-refractivity contribution in [1.82, 2.24) is 9.55 Å². The van der Waals surface area contributed by atoms with Crippen LogP contribution in [-0.4, -0.2) is 28.7 Å². The Morgan fingerprint density at radius 1 is 1.10 bits per heavy atom. The number of hydrogen-bond acceptors (Lipinski definition) is 5. The average molecular weight is 405 g/mol. The Hall–Kier alpha value is -3.28. The Morgan fingerprint density at radius 3 is 2.70 bits per heavy atom. The zero-order valence-corrected chi connectivity index (χ0v) is 17.6. The molecule has 0 bridgehead atoms. The van der Waals surface area contributed by atoms with Crippen LogP contribution in [0.25, 0.3) is 11.0 Å². The van der Waals surface area contributed by atoms with Crippen molar-refractivity contribution in [2.24, 2.45) is 0 Å². The Bertz CT molecular complexity index is 1100. The monoisotopic (exact) mass is 405 g/mol. The van der Waals surface area contributed by atoms with Crippen LogP contribution in [0.4, 0.5) is 5.95 Å². The van der Waals surface area contributed by atoms with Gasteiger partial charge in [-0.2, -0.15) is 0 Å². The van der Waals surface area contributed by atoms with E-state index in [0.717, 1.165) is 46.8 Å². The van der Waals surface area contributed by atoms with E-state index in [9.17, 15) is 4.79 Å². The third-order valence-electron chi connectivity index (χ3n) is 5.20. The molecule has 3 aromatic rings. The van der Waals surface area contributed by atoms with Gasteiger partial charge in [0.05, 0.1) is 35.9 Å². The van der Waals surface area contributed by atoms with Crippen LogP contribution < -0.4 is 10.1 Å². The van der Waals surface area contributed by atoms with Crippen LogP contribution in [0, 0.1) is 0 Å². The van der Waals surface area contributed by atoms with Gasteiger partial charge in [0.1, 0.15) is 5.75 Å². The van der Waals surface area contributed by atoms with Gasteiger partial charge >= 0.3 is 5.97 Å². The van der Waals surface area contributed by atoms with Gasteiger partial charge in [-0.3, -0.25) is 4.57 Å². The fourth-order valence-corrected chi connectivity index (χ4v) is 4.04. The number of ether oxygens (including phenoxy) is 2. The van der Waals surface area contributed by atoms with E-state index in [1.807, 2.05) is 62.4 Å². The molecule has 2 heterocycles. The van der Waals surface area contributed by atoms with Crippen LogP contribution in [0.5, 0.6) is 5.75 Å². The number of rotatable bonds is 7. The summed E-state index contributed by atoms with van der Waals surface area (Å²) in [5.74, 6) is 1.21. The van der Waals surface area contributed by atoms with Crippen molar-refractivity contribution >= 4 is 23.0 Å². The molecule has 0 unspecified atom stereocenters. The molecule has 0 aliphatic carbocycles. The normalized spacial score (nSPS) is 15.6. The molecule has 4 rings (SSSR count). The lowest BCUT2D eigenvalue weighted by molar-refractivity contribution is -0.139. The van der Waals surface area contributed by atoms with Crippen LogP contribution in [0.2, 0.25) is 0 Å². The zero-order chi connectivity index (χ0) is 21.1. The Kier molecular flexibility index (Phi) is 5.74. The van der Waals surface area contributed by atoms with Gasteiger partial charge < -0.3 is 14.8 Å². The molecule has 0 saturated carbocycles. The van der Waals surface area contributed by atoms with E-state index in [0.29, 0.717) is 18.8 Å². The molecule has 6 nitrogen and oxygen atoms in total.